The molecule has 2 aromatic rings. The summed E-state index contributed by atoms with van der Waals surface area (Å²) >= 11 is 0. The second-order valence-electron chi connectivity index (χ2n) is 3.96. The molecular weight excluding hydrogens is 264 g/mol. The van der Waals surface area contributed by atoms with E-state index in [4.69, 9.17) is 4.74 Å². The summed E-state index contributed by atoms with van der Waals surface area (Å²) in [4.78, 5) is 4.04. The van der Waals surface area contributed by atoms with Gasteiger partial charge in [0, 0.05) is 25.2 Å². The molecule has 0 fully saturated rings. The van der Waals surface area contributed by atoms with E-state index in [2.05, 4.69) is 10.3 Å². The van der Waals surface area contributed by atoms with Gasteiger partial charge >= 0.3 is 0 Å². The minimum absolute atomic E-state index is 0.0766. The molecule has 100 valence electrons. The van der Waals surface area contributed by atoms with Crippen LogP contribution in [-0.4, -0.2) is 26.7 Å². The number of pyridine rings is 1. The molecule has 1 aromatic heterocycles. The second-order valence-corrected chi connectivity index (χ2v) is 5.94. The number of benzene rings is 1. The summed E-state index contributed by atoms with van der Waals surface area (Å²) in [5, 5.41) is 2.99. The van der Waals surface area contributed by atoms with Crippen molar-refractivity contribution in [3.8, 4) is 11.6 Å². The van der Waals surface area contributed by atoms with Crippen molar-refractivity contribution in [2.24, 2.45) is 0 Å². The van der Waals surface area contributed by atoms with Crippen molar-refractivity contribution >= 4 is 15.5 Å². The maximum atomic E-state index is 11.6. The Morgan fingerprint density at radius 1 is 1.16 bits per heavy atom. The molecule has 19 heavy (non-hydrogen) atoms. The van der Waals surface area contributed by atoms with Crippen LogP contribution in [0.1, 0.15) is 0 Å². The topological polar surface area (TPSA) is 68.3 Å². The number of rotatable bonds is 4. The van der Waals surface area contributed by atoms with Crippen LogP contribution in [0, 0.1) is 0 Å². The maximum Gasteiger partial charge on any atom is 0.238 e. The van der Waals surface area contributed by atoms with E-state index in [1.165, 1.54) is 12.3 Å². The largest absolute Gasteiger partial charge is 0.438 e. The molecule has 0 aliphatic rings. The molecule has 0 bridgehead atoms. The summed E-state index contributed by atoms with van der Waals surface area (Å²) in [5.74, 6) is 0.616. The lowest BCUT2D eigenvalue weighted by Crippen LogP contribution is -2.01. The molecule has 5 nitrogen and oxygen atoms in total. The first kappa shape index (κ1) is 13.4. The van der Waals surface area contributed by atoms with Crippen LogP contribution in [0.15, 0.2) is 47.5 Å². The smallest absolute Gasteiger partial charge is 0.238 e. The molecule has 0 amide bonds. The van der Waals surface area contributed by atoms with Crippen molar-refractivity contribution < 1.29 is 13.2 Å². The molecule has 1 aromatic carbocycles. The van der Waals surface area contributed by atoms with Gasteiger partial charge in [-0.2, -0.15) is 0 Å². The Labute approximate surface area is 112 Å². The first-order valence-corrected chi connectivity index (χ1v) is 7.50. The van der Waals surface area contributed by atoms with E-state index < -0.39 is 9.84 Å². The number of anilines is 1. The first-order chi connectivity index (χ1) is 9.00. The molecule has 0 aliphatic heterocycles. The third-order valence-corrected chi connectivity index (χ3v) is 3.60. The summed E-state index contributed by atoms with van der Waals surface area (Å²) in [6.45, 7) is 0. The minimum Gasteiger partial charge on any atom is -0.438 e. The number of nitrogens with zero attached hydrogens (tertiary/aromatic N) is 1. The number of hydrogen-bond acceptors (Lipinski definition) is 5. The molecule has 6 heteroatoms. The lowest BCUT2D eigenvalue weighted by molar-refractivity contribution is 0.447. The zero-order valence-corrected chi connectivity index (χ0v) is 11.4. The van der Waals surface area contributed by atoms with Crippen LogP contribution in [0.3, 0.4) is 0 Å². The zero-order valence-electron chi connectivity index (χ0n) is 10.6. The lowest BCUT2D eigenvalue weighted by Gasteiger charge is -2.09. The van der Waals surface area contributed by atoms with E-state index >= 15 is 0 Å². The third kappa shape index (κ3) is 3.23. The lowest BCUT2D eigenvalue weighted by atomic mass is 10.3. The normalized spacial score (nSPS) is 11.1. The number of nitrogens with one attached hydrogen (secondary N) is 1. The van der Waals surface area contributed by atoms with E-state index in [0.717, 1.165) is 11.9 Å². The minimum atomic E-state index is -3.37. The SMILES string of the molecule is CNc1ccc(Oc2ncccc2S(C)(=O)=O)cc1. The average molecular weight is 278 g/mol. The molecule has 2 rings (SSSR count). The molecule has 0 saturated carbocycles. The Kier molecular flexibility index (Phi) is 3.71. The number of aromatic nitrogens is 1. The Hall–Kier alpha value is -2.08. The van der Waals surface area contributed by atoms with E-state index in [0.29, 0.717) is 5.75 Å². The third-order valence-electron chi connectivity index (χ3n) is 2.49. The fraction of sp³-hybridized carbons (Fsp3) is 0.154. The molecule has 0 unspecified atom stereocenters. The summed E-state index contributed by atoms with van der Waals surface area (Å²) in [6, 6.07) is 10.2. The van der Waals surface area contributed by atoms with E-state index in [9.17, 15) is 8.42 Å². The highest BCUT2D eigenvalue weighted by atomic mass is 32.2. The number of sulfone groups is 1. The average Bonchev–Trinajstić information content (AvgIpc) is 2.39. The quantitative estimate of drug-likeness (QED) is 0.929. The Bertz CT molecular complexity index is 667. The molecule has 0 saturated heterocycles. The van der Waals surface area contributed by atoms with E-state index in [1.54, 1.807) is 18.2 Å². The van der Waals surface area contributed by atoms with Gasteiger partial charge in [-0.25, -0.2) is 13.4 Å². The summed E-state index contributed by atoms with van der Waals surface area (Å²) < 4.78 is 28.7. The predicted molar refractivity (Wildman–Crippen MR) is 73.4 cm³/mol. The second kappa shape index (κ2) is 5.27. The van der Waals surface area contributed by atoms with Gasteiger partial charge in [0.05, 0.1) is 0 Å². The Morgan fingerprint density at radius 2 is 1.84 bits per heavy atom. The summed E-state index contributed by atoms with van der Waals surface area (Å²) in [6.07, 6.45) is 2.62. The summed E-state index contributed by atoms with van der Waals surface area (Å²) in [7, 11) is -1.55. The summed E-state index contributed by atoms with van der Waals surface area (Å²) in [5.41, 5.74) is 0.941. The monoisotopic (exact) mass is 278 g/mol. The standard InChI is InChI=1S/C13H14N2O3S/c1-14-10-5-7-11(8-6-10)18-13-12(19(2,16)17)4-3-9-15-13/h3-9,14H,1-2H3. The van der Waals surface area contributed by atoms with Crippen molar-refractivity contribution in [2.75, 3.05) is 18.6 Å². The number of ether oxygens (including phenoxy) is 1. The molecule has 0 radical (unpaired) electrons. The molecule has 0 aliphatic carbocycles. The van der Waals surface area contributed by atoms with Crippen molar-refractivity contribution in [1.82, 2.24) is 4.98 Å². The van der Waals surface area contributed by atoms with Gasteiger partial charge in [-0.15, -0.1) is 0 Å². The highest BCUT2D eigenvalue weighted by molar-refractivity contribution is 7.90. The van der Waals surface area contributed by atoms with Gasteiger partial charge in [-0.05, 0) is 36.4 Å². The van der Waals surface area contributed by atoms with Gasteiger partial charge in [0.2, 0.25) is 5.88 Å². The Balaban J connectivity index is 2.33. The van der Waals surface area contributed by atoms with Gasteiger partial charge in [0.25, 0.3) is 0 Å². The maximum absolute atomic E-state index is 11.6. The Morgan fingerprint density at radius 3 is 2.42 bits per heavy atom. The fourth-order valence-corrected chi connectivity index (χ4v) is 2.27. The number of hydrogen-bond donors (Lipinski definition) is 1. The molecular formula is C13H14N2O3S. The predicted octanol–water partition coefficient (Wildman–Crippen LogP) is 2.32. The van der Waals surface area contributed by atoms with Crippen LogP contribution in [0.25, 0.3) is 0 Å². The van der Waals surface area contributed by atoms with Gasteiger partial charge in [0.15, 0.2) is 9.84 Å². The van der Waals surface area contributed by atoms with E-state index in [-0.39, 0.29) is 10.8 Å². The van der Waals surface area contributed by atoms with Gasteiger partial charge in [0.1, 0.15) is 10.6 Å². The molecule has 1 heterocycles. The van der Waals surface area contributed by atoms with Gasteiger partial charge < -0.3 is 10.1 Å². The van der Waals surface area contributed by atoms with Crippen LogP contribution in [0.2, 0.25) is 0 Å². The molecule has 0 spiro atoms. The van der Waals surface area contributed by atoms with E-state index in [1.807, 2.05) is 19.2 Å². The highest BCUT2D eigenvalue weighted by Gasteiger charge is 2.15. The van der Waals surface area contributed by atoms with Crippen LogP contribution >= 0.6 is 0 Å². The fourth-order valence-electron chi connectivity index (χ4n) is 1.54. The van der Waals surface area contributed by atoms with Crippen LogP contribution in [-0.2, 0) is 9.84 Å². The van der Waals surface area contributed by atoms with Crippen LogP contribution < -0.4 is 10.1 Å². The van der Waals surface area contributed by atoms with Crippen LogP contribution in [0.5, 0.6) is 11.6 Å². The highest BCUT2D eigenvalue weighted by Crippen LogP contribution is 2.26. The molecule has 1 N–H and O–H groups in total. The van der Waals surface area contributed by atoms with Crippen molar-refractivity contribution in [2.45, 2.75) is 4.90 Å². The zero-order chi connectivity index (χ0) is 13.9. The van der Waals surface area contributed by atoms with Crippen LogP contribution in [0.4, 0.5) is 5.69 Å². The van der Waals surface area contributed by atoms with Crippen molar-refractivity contribution in [1.29, 1.82) is 0 Å². The van der Waals surface area contributed by atoms with Gasteiger partial charge in [-0.1, -0.05) is 0 Å². The first-order valence-electron chi connectivity index (χ1n) is 5.61. The van der Waals surface area contributed by atoms with Crippen molar-refractivity contribution in [3.63, 3.8) is 0 Å². The molecule has 0 atom stereocenters. The van der Waals surface area contributed by atoms with Crippen molar-refractivity contribution in [3.05, 3.63) is 42.6 Å². The van der Waals surface area contributed by atoms with Gasteiger partial charge in [-0.3, -0.25) is 0 Å².